The summed E-state index contributed by atoms with van der Waals surface area (Å²) in [5, 5.41) is 8.87. The Morgan fingerprint density at radius 2 is 2.41 bits per heavy atom. The summed E-state index contributed by atoms with van der Waals surface area (Å²) < 4.78 is 0. The predicted octanol–water partition coefficient (Wildman–Crippen LogP) is 1.52. The van der Waals surface area contributed by atoms with Gasteiger partial charge in [0.05, 0.1) is 0 Å². The van der Waals surface area contributed by atoms with Crippen molar-refractivity contribution in [3.05, 3.63) is 23.9 Å². The summed E-state index contributed by atoms with van der Waals surface area (Å²) in [4.78, 5) is 6.58. The van der Waals surface area contributed by atoms with E-state index in [1.807, 2.05) is 12.1 Å². The molecule has 1 fully saturated rings. The maximum absolute atomic E-state index is 8.87. The predicted molar refractivity (Wildman–Crippen MR) is 67.5 cm³/mol. The molecule has 0 saturated carbocycles. The van der Waals surface area contributed by atoms with Gasteiger partial charge in [-0.1, -0.05) is 13.0 Å². The maximum Gasteiger partial charge on any atom is 0.142 e. The molecule has 2 unspecified atom stereocenters. The first-order valence-corrected chi connectivity index (χ1v) is 6.08. The number of hydrogen-bond acceptors (Lipinski definition) is 4. The van der Waals surface area contributed by atoms with Gasteiger partial charge in [-0.2, -0.15) is 5.26 Å². The lowest BCUT2D eigenvalue weighted by atomic mass is 9.92. The molecule has 0 bridgehead atoms. The highest BCUT2D eigenvalue weighted by atomic mass is 15.2. The summed E-state index contributed by atoms with van der Waals surface area (Å²) in [6, 6.07) is 8.00. The first-order valence-electron chi connectivity index (χ1n) is 6.08. The van der Waals surface area contributed by atoms with Crippen molar-refractivity contribution in [1.82, 2.24) is 4.98 Å². The van der Waals surface area contributed by atoms with Gasteiger partial charge in [0.15, 0.2) is 0 Å². The van der Waals surface area contributed by atoms with Gasteiger partial charge in [-0.05, 0) is 30.9 Å². The van der Waals surface area contributed by atoms with Crippen LogP contribution in [0.15, 0.2) is 18.2 Å². The van der Waals surface area contributed by atoms with Crippen LogP contribution in [0.25, 0.3) is 0 Å². The molecular weight excluding hydrogens is 212 g/mol. The molecule has 1 saturated heterocycles. The zero-order valence-electron chi connectivity index (χ0n) is 10.1. The monoisotopic (exact) mass is 230 g/mol. The van der Waals surface area contributed by atoms with Crippen molar-refractivity contribution in [3.8, 4) is 6.07 Å². The van der Waals surface area contributed by atoms with Crippen LogP contribution < -0.4 is 10.6 Å². The van der Waals surface area contributed by atoms with Gasteiger partial charge in [-0.15, -0.1) is 0 Å². The highest BCUT2D eigenvalue weighted by molar-refractivity contribution is 5.43. The summed E-state index contributed by atoms with van der Waals surface area (Å²) in [5.41, 5.74) is 6.30. The lowest BCUT2D eigenvalue weighted by molar-refractivity contribution is 0.365. The van der Waals surface area contributed by atoms with Crippen LogP contribution in [-0.4, -0.2) is 24.1 Å². The quantitative estimate of drug-likeness (QED) is 0.836. The topological polar surface area (TPSA) is 65.9 Å². The summed E-state index contributed by atoms with van der Waals surface area (Å²) in [6.07, 6.45) is 2.27. The molecule has 2 N–H and O–H groups in total. The van der Waals surface area contributed by atoms with Gasteiger partial charge in [-0.3, -0.25) is 0 Å². The molecule has 90 valence electrons. The molecule has 4 heteroatoms. The van der Waals surface area contributed by atoms with Crippen LogP contribution in [0.3, 0.4) is 0 Å². The van der Waals surface area contributed by atoms with Gasteiger partial charge < -0.3 is 10.6 Å². The van der Waals surface area contributed by atoms with E-state index >= 15 is 0 Å². The van der Waals surface area contributed by atoms with Crippen LogP contribution in [-0.2, 0) is 0 Å². The second-order valence-corrected chi connectivity index (χ2v) is 4.71. The molecule has 0 aromatic carbocycles. The Bertz CT molecular complexity index is 424. The van der Waals surface area contributed by atoms with Crippen molar-refractivity contribution in [3.63, 3.8) is 0 Å². The largest absolute Gasteiger partial charge is 0.352 e. The Hall–Kier alpha value is -1.60. The Labute approximate surface area is 102 Å². The van der Waals surface area contributed by atoms with Crippen molar-refractivity contribution >= 4 is 5.82 Å². The smallest absolute Gasteiger partial charge is 0.142 e. The zero-order chi connectivity index (χ0) is 12.3. The van der Waals surface area contributed by atoms with Crippen LogP contribution in [0.1, 0.15) is 25.5 Å². The SMILES string of the molecule is CC1CCN(c2cccc(C#N)n2)C(CN)C1. The van der Waals surface area contributed by atoms with Gasteiger partial charge in [0.2, 0.25) is 0 Å². The fourth-order valence-corrected chi connectivity index (χ4v) is 2.42. The van der Waals surface area contributed by atoms with Crippen LogP contribution in [0.2, 0.25) is 0 Å². The average Bonchev–Trinajstić information content (AvgIpc) is 2.38. The minimum atomic E-state index is 0.347. The third-order valence-electron chi connectivity index (χ3n) is 3.39. The molecule has 0 spiro atoms. The molecule has 1 aromatic heterocycles. The van der Waals surface area contributed by atoms with E-state index in [4.69, 9.17) is 11.0 Å². The lowest BCUT2D eigenvalue weighted by Gasteiger charge is -2.38. The number of nitrogens with zero attached hydrogens (tertiary/aromatic N) is 3. The molecule has 0 amide bonds. The molecule has 2 heterocycles. The number of rotatable bonds is 2. The van der Waals surface area contributed by atoms with Gasteiger partial charge in [0.25, 0.3) is 0 Å². The maximum atomic E-state index is 8.87. The Kier molecular flexibility index (Phi) is 3.60. The van der Waals surface area contributed by atoms with Gasteiger partial charge >= 0.3 is 0 Å². The Morgan fingerprint density at radius 3 is 3.12 bits per heavy atom. The van der Waals surface area contributed by atoms with E-state index in [1.54, 1.807) is 6.07 Å². The minimum Gasteiger partial charge on any atom is -0.352 e. The number of piperidine rings is 1. The van der Waals surface area contributed by atoms with Gasteiger partial charge in [-0.25, -0.2) is 4.98 Å². The van der Waals surface area contributed by atoms with Crippen molar-refractivity contribution in [2.45, 2.75) is 25.8 Å². The van der Waals surface area contributed by atoms with E-state index in [0.717, 1.165) is 31.1 Å². The van der Waals surface area contributed by atoms with E-state index in [2.05, 4.69) is 22.9 Å². The molecule has 17 heavy (non-hydrogen) atoms. The minimum absolute atomic E-state index is 0.347. The number of aromatic nitrogens is 1. The number of nitrogens with two attached hydrogens (primary N) is 1. The number of pyridine rings is 1. The molecule has 1 aliphatic heterocycles. The number of nitriles is 1. The van der Waals surface area contributed by atoms with Crippen LogP contribution in [0.4, 0.5) is 5.82 Å². The van der Waals surface area contributed by atoms with Gasteiger partial charge in [0, 0.05) is 19.1 Å². The fourth-order valence-electron chi connectivity index (χ4n) is 2.42. The van der Waals surface area contributed by atoms with Crippen LogP contribution in [0, 0.1) is 17.2 Å². The fraction of sp³-hybridized carbons (Fsp3) is 0.538. The highest BCUT2D eigenvalue weighted by Gasteiger charge is 2.26. The molecule has 0 aliphatic carbocycles. The van der Waals surface area contributed by atoms with E-state index in [-0.39, 0.29) is 0 Å². The molecule has 4 nitrogen and oxygen atoms in total. The van der Waals surface area contributed by atoms with Gasteiger partial charge in [0.1, 0.15) is 17.6 Å². The molecule has 1 aliphatic rings. The van der Waals surface area contributed by atoms with Crippen LogP contribution >= 0.6 is 0 Å². The van der Waals surface area contributed by atoms with Crippen molar-refractivity contribution in [1.29, 1.82) is 5.26 Å². The van der Waals surface area contributed by atoms with Crippen LogP contribution in [0.5, 0.6) is 0 Å². The van der Waals surface area contributed by atoms with E-state index in [1.165, 1.54) is 0 Å². The third-order valence-corrected chi connectivity index (χ3v) is 3.39. The Morgan fingerprint density at radius 1 is 1.59 bits per heavy atom. The third kappa shape index (κ3) is 2.56. The zero-order valence-corrected chi connectivity index (χ0v) is 10.1. The van der Waals surface area contributed by atoms with Crippen molar-refractivity contribution in [2.24, 2.45) is 11.7 Å². The normalized spacial score (nSPS) is 24.4. The average molecular weight is 230 g/mol. The summed E-state index contributed by atoms with van der Waals surface area (Å²) in [6.45, 7) is 3.88. The van der Waals surface area contributed by atoms with Crippen molar-refractivity contribution < 1.29 is 0 Å². The molecule has 0 radical (unpaired) electrons. The van der Waals surface area contributed by atoms with E-state index < -0.39 is 0 Å². The second kappa shape index (κ2) is 5.15. The first-order chi connectivity index (χ1) is 8.24. The summed E-state index contributed by atoms with van der Waals surface area (Å²) in [7, 11) is 0. The van der Waals surface area contributed by atoms with E-state index in [0.29, 0.717) is 18.3 Å². The summed E-state index contributed by atoms with van der Waals surface area (Å²) >= 11 is 0. The highest BCUT2D eigenvalue weighted by Crippen LogP contribution is 2.26. The first kappa shape index (κ1) is 11.9. The standard InChI is InChI=1S/C13H18N4/c1-10-5-6-17(12(7-10)9-15)13-4-2-3-11(8-14)16-13/h2-4,10,12H,5-7,9,15H2,1H3. The lowest BCUT2D eigenvalue weighted by Crippen LogP contribution is -2.46. The van der Waals surface area contributed by atoms with E-state index in [9.17, 15) is 0 Å². The number of hydrogen-bond donors (Lipinski definition) is 1. The molecule has 2 rings (SSSR count). The molecular formula is C13H18N4. The second-order valence-electron chi connectivity index (χ2n) is 4.71. The number of anilines is 1. The Balaban J connectivity index is 2.22. The molecule has 2 atom stereocenters. The summed E-state index contributed by atoms with van der Waals surface area (Å²) in [5.74, 6) is 1.60. The van der Waals surface area contributed by atoms with Crippen molar-refractivity contribution in [2.75, 3.05) is 18.0 Å². The molecule has 1 aromatic rings.